The number of rotatable bonds is 13. The van der Waals surface area contributed by atoms with E-state index in [1.807, 2.05) is 30.3 Å². The molecule has 2 rings (SSSR count). The molecular formula is C22H33NO8P2. The van der Waals surface area contributed by atoms with Crippen molar-refractivity contribution in [2.75, 3.05) is 33.5 Å². The number of nitrogens with zero attached hydrogens (tertiary/aromatic N) is 1. The van der Waals surface area contributed by atoms with Crippen LogP contribution in [0.25, 0.3) is 0 Å². The molecule has 0 aliphatic carbocycles. The standard InChI is InChI=1S/C22H33NO8P2/c1-6-28-32(25,29-7-2)20-16-15-19(22(24)27-5)21(33(26,30-8-3)31-9-4)23(20)17-18-13-11-10-12-14-18/h10-16,21H,6-9,17H2,1-5H3. The highest BCUT2D eigenvalue weighted by molar-refractivity contribution is 7.58. The molecule has 33 heavy (non-hydrogen) atoms. The second-order valence-electron chi connectivity index (χ2n) is 6.83. The van der Waals surface area contributed by atoms with E-state index in [0.29, 0.717) is 0 Å². The molecule has 1 aliphatic heterocycles. The van der Waals surface area contributed by atoms with E-state index in [9.17, 15) is 13.9 Å². The van der Waals surface area contributed by atoms with Crippen LogP contribution in [-0.4, -0.2) is 50.2 Å². The summed E-state index contributed by atoms with van der Waals surface area (Å²) in [6.07, 6.45) is 2.91. The molecule has 184 valence electrons. The van der Waals surface area contributed by atoms with E-state index in [0.717, 1.165) is 5.56 Å². The molecule has 1 atom stereocenters. The third-order valence-corrected chi connectivity index (χ3v) is 9.25. The van der Waals surface area contributed by atoms with E-state index in [1.54, 1.807) is 32.6 Å². The van der Waals surface area contributed by atoms with Gasteiger partial charge in [-0.3, -0.25) is 9.13 Å². The van der Waals surface area contributed by atoms with Gasteiger partial charge in [-0.15, -0.1) is 0 Å². The average molecular weight is 501 g/mol. The van der Waals surface area contributed by atoms with Gasteiger partial charge in [0.25, 0.3) is 0 Å². The lowest BCUT2D eigenvalue weighted by Crippen LogP contribution is -2.41. The van der Waals surface area contributed by atoms with Crippen LogP contribution in [0, 0.1) is 0 Å². The first kappa shape index (κ1) is 27.5. The molecule has 0 spiro atoms. The van der Waals surface area contributed by atoms with Crippen molar-refractivity contribution in [3.63, 3.8) is 0 Å². The van der Waals surface area contributed by atoms with Gasteiger partial charge in [0, 0.05) is 6.54 Å². The number of benzene rings is 1. The third-order valence-electron chi connectivity index (χ3n) is 4.69. The molecule has 0 amide bonds. The number of hydrogen-bond acceptors (Lipinski definition) is 9. The van der Waals surface area contributed by atoms with Crippen LogP contribution in [0.4, 0.5) is 0 Å². The minimum Gasteiger partial charge on any atom is -0.466 e. The summed E-state index contributed by atoms with van der Waals surface area (Å²) < 4.78 is 55.3. The lowest BCUT2D eigenvalue weighted by molar-refractivity contribution is -0.136. The van der Waals surface area contributed by atoms with E-state index in [4.69, 9.17) is 22.8 Å². The number of allylic oxidation sites excluding steroid dienone is 2. The second-order valence-corrected chi connectivity index (χ2v) is 10.9. The second kappa shape index (κ2) is 12.7. The summed E-state index contributed by atoms with van der Waals surface area (Å²) in [4.78, 5) is 14.3. The molecule has 0 saturated heterocycles. The fraction of sp³-hybridized carbons (Fsp3) is 0.500. The zero-order valence-electron chi connectivity index (χ0n) is 19.8. The molecule has 0 saturated carbocycles. The van der Waals surface area contributed by atoms with Gasteiger partial charge in [0.2, 0.25) is 0 Å². The fourth-order valence-corrected chi connectivity index (χ4v) is 7.54. The van der Waals surface area contributed by atoms with Crippen LogP contribution in [-0.2, 0) is 43.3 Å². The summed E-state index contributed by atoms with van der Waals surface area (Å²) >= 11 is 0. The molecular weight excluding hydrogens is 468 g/mol. The predicted molar refractivity (Wildman–Crippen MR) is 126 cm³/mol. The van der Waals surface area contributed by atoms with Crippen LogP contribution < -0.4 is 0 Å². The van der Waals surface area contributed by atoms with Crippen molar-refractivity contribution in [3.05, 3.63) is 59.1 Å². The van der Waals surface area contributed by atoms with Crippen LogP contribution in [0.3, 0.4) is 0 Å². The summed E-state index contributed by atoms with van der Waals surface area (Å²) in [6, 6.07) is 9.30. The monoisotopic (exact) mass is 501 g/mol. The molecule has 1 unspecified atom stereocenters. The largest absolute Gasteiger partial charge is 0.466 e. The quantitative estimate of drug-likeness (QED) is 0.263. The van der Waals surface area contributed by atoms with E-state index in [1.165, 1.54) is 19.3 Å². The summed E-state index contributed by atoms with van der Waals surface area (Å²) in [5.74, 6) is -1.92. The highest BCUT2D eigenvalue weighted by Crippen LogP contribution is 2.65. The maximum absolute atomic E-state index is 14.1. The predicted octanol–water partition coefficient (Wildman–Crippen LogP) is 5.30. The fourth-order valence-electron chi connectivity index (χ4n) is 3.52. The number of methoxy groups -OCH3 is 1. The molecule has 1 aromatic rings. The minimum atomic E-state index is -3.97. The van der Waals surface area contributed by atoms with E-state index < -0.39 is 26.9 Å². The lowest BCUT2D eigenvalue weighted by Gasteiger charge is -2.41. The zero-order valence-corrected chi connectivity index (χ0v) is 21.6. The van der Waals surface area contributed by atoms with Crippen molar-refractivity contribution in [1.82, 2.24) is 4.90 Å². The summed E-state index contributed by atoms with van der Waals surface area (Å²) in [6.45, 7) is 7.31. The molecule has 11 heteroatoms. The first-order chi connectivity index (χ1) is 15.8. The summed E-state index contributed by atoms with van der Waals surface area (Å²) in [5, 5.41) is 0. The van der Waals surface area contributed by atoms with E-state index >= 15 is 0 Å². The van der Waals surface area contributed by atoms with Gasteiger partial charge in [0.15, 0.2) is 5.78 Å². The van der Waals surface area contributed by atoms with Crippen molar-refractivity contribution < 1.29 is 36.8 Å². The SMILES string of the molecule is CCOP(=O)(OCC)C1=CC=C(C(=O)OC)C(P(=O)(OCC)OCC)N1Cc1ccccc1. The smallest absolute Gasteiger partial charge is 0.377 e. The lowest BCUT2D eigenvalue weighted by atomic mass is 10.1. The molecule has 0 aromatic heterocycles. The number of carbonyl (C=O) groups is 1. The molecule has 0 N–H and O–H groups in total. The maximum atomic E-state index is 14.1. The number of ether oxygens (including phenoxy) is 1. The van der Waals surface area contributed by atoms with Crippen LogP contribution in [0.5, 0.6) is 0 Å². The van der Waals surface area contributed by atoms with E-state index in [-0.39, 0.29) is 44.0 Å². The number of hydrogen-bond donors (Lipinski definition) is 0. The van der Waals surface area contributed by atoms with E-state index in [2.05, 4.69) is 0 Å². The Morgan fingerprint density at radius 1 is 0.879 bits per heavy atom. The molecule has 1 aromatic carbocycles. The van der Waals surface area contributed by atoms with Gasteiger partial charge in [-0.25, -0.2) is 4.79 Å². The molecule has 0 radical (unpaired) electrons. The Kier molecular flexibility index (Phi) is 10.6. The zero-order chi connectivity index (χ0) is 24.5. The Morgan fingerprint density at radius 2 is 1.42 bits per heavy atom. The normalized spacial score (nSPS) is 16.9. The number of esters is 1. The molecule has 1 aliphatic rings. The molecule has 9 nitrogen and oxygen atoms in total. The minimum absolute atomic E-state index is 0.0574. The van der Waals surface area contributed by atoms with Gasteiger partial charge in [-0.2, -0.15) is 0 Å². The average Bonchev–Trinajstić information content (AvgIpc) is 2.79. The Bertz CT molecular complexity index is 927. The highest BCUT2D eigenvalue weighted by Gasteiger charge is 2.50. The van der Waals surface area contributed by atoms with Crippen molar-refractivity contribution in [1.29, 1.82) is 0 Å². The Morgan fingerprint density at radius 3 is 1.91 bits per heavy atom. The van der Waals surface area contributed by atoms with Gasteiger partial charge in [-0.1, -0.05) is 30.3 Å². The van der Waals surface area contributed by atoms with Gasteiger partial charge >= 0.3 is 21.2 Å². The molecule has 1 heterocycles. The van der Waals surface area contributed by atoms with Crippen molar-refractivity contribution in [2.24, 2.45) is 0 Å². The van der Waals surface area contributed by atoms with Crippen LogP contribution >= 0.6 is 15.2 Å². The van der Waals surface area contributed by atoms with Crippen LogP contribution in [0.1, 0.15) is 33.3 Å². The van der Waals surface area contributed by atoms with Crippen molar-refractivity contribution >= 4 is 21.2 Å². The Labute approximate surface area is 195 Å². The molecule has 0 bridgehead atoms. The van der Waals surface area contributed by atoms with Crippen LogP contribution in [0.2, 0.25) is 0 Å². The topological polar surface area (TPSA) is 101 Å². The van der Waals surface area contributed by atoms with Gasteiger partial charge in [0.05, 0.1) is 39.1 Å². The van der Waals surface area contributed by atoms with Crippen molar-refractivity contribution in [3.8, 4) is 0 Å². The maximum Gasteiger partial charge on any atom is 0.377 e. The highest BCUT2D eigenvalue weighted by atomic mass is 31.2. The summed E-state index contributed by atoms with van der Waals surface area (Å²) in [7, 11) is -6.58. The number of carbonyl (C=O) groups excluding carboxylic acids is 1. The van der Waals surface area contributed by atoms with Crippen molar-refractivity contribution in [2.45, 2.75) is 40.0 Å². The van der Waals surface area contributed by atoms with Gasteiger partial charge < -0.3 is 27.7 Å². The first-order valence-corrected chi connectivity index (χ1v) is 14.0. The van der Waals surface area contributed by atoms with Gasteiger partial charge in [-0.05, 0) is 45.4 Å². The van der Waals surface area contributed by atoms with Gasteiger partial charge in [0.1, 0.15) is 5.44 Å². The molecule has 0 fully saturated rings. The van der Waals surface area contributed by atoms with Crippen LogP contribution in [0.15, 0.2) is 53.5 Å². The Hall–Kier alpha value is -1.73. The third kappa shape index (κ3) is 6.44. The summed E-state index contributed by atoms with van der Waals surface area (Å²) in [5.41, 5.74) is 1.04. The first-order valence-electron chi connectivity index (χ1n) is 10.9. The Balaban J connectivity index is 2.77.